The van der Waals surface area contributed by atoms with E-state index in [9.17, 15) is 24.0 Å². The first-order valence-electron chi connectivity index (χ1n) is 16.9. The number of ether oxygens (including phenoxy) is 1. The quantitative estimate of drug-likeness (QED) is 0.0717. The number of imide groups is 1. The molecule has 0 aliphatic heterocycles. The van der Waals surface area contributed by atoms with Crippen LogP contribution < -0.4 is 33.2 Å². The van der Waals surface area contributed by atoms with E-state index in [1.165, 1.54) is 6.92 Å². The topological polar surface area (TPSA) is 224 Å². The van der Waals surface area contributed by atoms with Gasteiger partial charge in [-0.3, -0.25) is 24.2 Å². The van der Waals surface area contributed by atoms with Gasteiger partial charge in [-0.15, -0.1) is 0 Å². The number of aliphatic imine (C=N–C) groups is 1. The fraction of sp³-hybridized carbons (Fsp3) is 0.500. The largest absolute Gasteiger partial charge is 0.444 e. The third-order valence-electron chi connectivity index (χ3n) is 7.83. The molecule has 0 bridgehead atoms. The lowest BCUT2D eigenvalue weighted by molar-refractivity contribution is -0.138. The Balaban J connectivity index is 2.37. The minimum atomic E-state index is -1.13. The molecule has 2 aromatic rings. The van der Waals surface area contributed by atoms with Gasteiger partial charge in [-0.2, -0.15) is 0 Å². The highest BCUT2D eigenvalue weighted by molar-refractivity contribution is 5.98. The summed E-state index contributed by atoms with van der Waals surface area (Å²) in [6.45, 7) is 8.74. The van der Waals surface area contributed by atoms with Gasteiger partial charge >= 0.3 is 6.09 Å². The Morgan fingerprint density at radius 3 is 1.98 bits per heavy atom. The van der Waals surface area contributed by atoms with E-state index in [1.807, 2.05) is 50.2 Å². The maximum atomic E-state index is 14.4. The van der Waals surface area contributed by atoms with Crippen LogP contribution in [0.2, 0.25) is 0 Å². The summed E-state index contributed by atoms with van der Waals surface area (Å²) in [4.78, 5) is 71.8. The lowest BCUT2D eigenvalue weighted by atomic mass is 9.98. The molecule has 0 saturated carbocycles. The van der Waals surface area contributed by atoms with E-state index < -0.39 is 48.0 Å². The lowest BCUT2D eigenvalue weighted by Crippen LogP contribution is -2.60. The second-order valence-corrected chi connectivity index (χ2v) is 13.0. The van der Waals surface area contributed by atoms with Crippen molar-refractivity contribution in [3.05, 3.63) is 71.8 Å². The van der Waals surface area contributed by atoms with Gasteiger partial charge < -0.3 is 37.9 Å². The molecule has 0 unspecified atom stereocenters. The summed E-state index contributed by atoms with van der Waals surface area (Å²) in [7, 11) is 0. The molecule has 2 aromatic carbocycles. The van der Waals surface area contributed by atoms with Crippen molar-refractivity contribution in [2.75, 3.05) is 13.1 Å². The molecule has 9 N–H and O–H groups in total. The second kappa shape index (κ2) is 21.2. The normalized spacial score (nSPS) is 13.4. The zero-order valence-corrected chi connectivity index (χ0v) is 29.8. The molecular formula is C36H54N8O6. The van der Waals surface area contributed by atoms with Crippen LogP contribution in [-0.4, -0.2) is 77.8 Å². The van der Waals surface area contributed by atoms with Crippen molar-refractivity contribution in [3.8, 4) is 0 Å². The van der Waals surface area contributed by atoms with Crippen molar-refractivity contribution < 1.29 is 28.7 Å². The Labute approximate surface area is 294 Å². The number of amides is 5. The molecule has 14 heteroatoms. The van der Waals surface area contributed by atoms with Crippen LogP contribution in [0, 0.1) is 11.8 Å². The van der Waals surface area contributed by atoms with Crippen LogP contribution in [0.5, 0.6) is 0 Å². The summed E-state index contributed by atoms with van der Waals surface area (Å²) in [5.41, 5.74) is 18.4. The monoisotopic (exact) mass is 694 g/mol. The van der Waals surface area contributed by atoms with E-state index in [2.05, 4.69) is 20.9 Å². The molecule has 0 fully saturated rings. The molecule has 14 nitrogen and oxygen atoms in total. The molecule has 0 aromatic heterocycles. The number of carbonyl (C=O) groups is 5. The van der Waals surface area contributed by atoms with E-state index in [0.29, 0.717) is 12.0 Å². The first-order valence-corrected chi connectivity index (χ1v) is 16.9. The molecule has 0 spiro atoms. The van der Waals surface area contributed by atoms with Gasteiger partial charge in [0.1, 0.15) is 18.7 Å². The molecule has 0 aliphatic carbocycles. The Kier molecular flexibility index (Phi) is 17.4. The first-order chi connectivity index (χ1) is 23.7. The van der Waals surface area contributed by atoms with Crippen molar-refractivity contribution in [3.63, 3.8) is 0 Å². The highest BCUT2D eigenvalue weighted by Crippen LogP contribution is 2.18. The molecular weight excluding hydrogens is 640 g/mol. The molecule has 0 radical (unpaired) electrons. The number of hydrogen-bond donors (Lipinski definition) is 6. The van der Waals surface area contributed by atoms with Gasteiger partial charge in [0.05, 0.1) is 12.1 Å². The average Bonchev–Trinajstić information content (AvgIpc) is 3.06. The number of guanidine groups is 1. The van der Waals surface area contributed by atoms with Gasteiger partial charge in [-0.05, 0) is 42.2 Å². The molecule has 0 saturated heterocycles. The summed E-state index contributed by atoms with van der Waals surface area (Å²) >= 11 is 0. The standard InChI is InChI=1S/C36H54N8O6/c1-23(2)19-30(43-32(46)28(37)17-12-18-40-35(38)39)34(48)44(36(49)50-22-27-15-10-7-11-16-27)31(24(3)4)21-41-33(47)29(42-25(5)45)20-26-13-8-6-9-14-26/h6-11,13-16,23-24,28-31H,12,17-22,37H2,1-5H3,(H,41,47)(H,42,45)(H,43,46)(H4,38,39,40)/t28-,29+,30-,31+/m0/s1. The smallest absolute Gasteiger partial charge is 0.417 e. The minimum absolute atomic E-state index is 0.0573. The molecule has 0 heterocycles. The van der Waals surface area contributed by atoms with Crippen molar-refractivity contribution in [1.82, 2.24) is 20.9 Å². The maximum Gasteiger partial charge on any atom is 0.417 e. The molecule has 2 rings (SSSR count). The van der Waals surface area contributed by atoms with Crippen LogP contribution in [0.3, 0.4) is 0 Å². The van der Waals surface area contributed by atoms with Crippen LogP contribution in [-0.2, 0) is 36.9 Å². The third-order valence-corrected chi connectivity index (χ3v) is 7.83. The number of hydrogen-bond acceptors (Lipinski definition) is 8. The molecule has 4 atom stereocenters. The number of carbonyl (C=O) groups excluding carboxylic acids is 5. The summed E-state index contributed by atoms with van der Waals surface area (Å²) in [6, 6.07) is 14.3. The Morgan fingerprint density at radius 1 is 0.840 bits per heavy atom. The van der Waals surface area contributed by atoms with Gasteiger partial charge in [0.25, 0.3) is 5.91 Å². The number of rotatable bonds is 19. The zero-order chi connectivity index (χ0) is 37.2. The summed E-state index contributed by atoms with van der Waals surface area (Å²) in [5.74, 6) is -2.62. The molecule has 0 aliphatic rings. The number of nitrogens with one attached hydrogen (secondary N) is 3. The van der Waals surface area contributed by atoms with Crippen molar-refractivity contribution in [2.45, 2.75) is 91.1 Å². The van der Waals surface area contributed by atoms with Crippen molar-refractivity contribution in [1.29, 1.82) is 0 Å². The predicted molar refractivity (Wildman–Crippen MR) is 192 cm³/mol. The van der Waals surface area contributed by atoms with Crippen LogP contribution in [0.25, 0.3) is 0 Å². The van der Waals surface area contributed by atoms with Gasteiger partial charge in [-0.1, -0.05) is 88.4 Å². The van der Waals surface area contributed by atoms with Crippen LogP contribution >= 0.6 is 0 Å². The average molecular weight is 695 g/mol. The fourth-order valence-corrected chi connectivity index (χ4v) is 5.23. The van der Waals surface area contributed by atoms with Crippen LogP contribution in [0.15, 0.2) is 65.7 Å². The SMILES string of the molecule is CC(=O)N[C@H](Cc1ccccc1)C(=O)NC[C@H](C(C)C)N(C(=O)OCc1ccccc1)C(=O)[C@H](CC(C)C)NC(=O)[C@@H](N)CCCN=C(N)N. The van der Waals surface area contributed by atoms with Crippen molar-refractivity contribution >= 4 is 35.7 Å². The summed E-state index contributed by atoms with van der Waals surface area (Å²) < 4.78 is 5.65. The highest BCUT2D eigenvalue weighted by Gasteiger charge is 2.39. The van der Waals surface area contributed by atoms with Gasteiger partial charge in [0.2, 0.25) is 17.7 Å². The van der Waals surface area contributed by atoms with Gasteiger partial charge in [0.15, 0.2) is 5.96 Å². The Hall–Kier alpha value is -4.98. The first kappa shape index (κ1) is 41.2. The third kappa shape index (κ3) is 14.6. The summed E-state index contributed by atoms with van der Waals surface area (Å²) in [6.07, 6.45) is 0.194. The molecule has 274 valence electrons. The Bertz CT molecular complexity index is 1420. The number of nitrogens with zero attached hydrogens (tertiary/aromatic N) is 2. The van der Waals surface area contributed by atoms with Crippen LogP contribution in [0.4, 0.5) is 4.79 Å². The van der Waals surface area contributed by atoms with E-state index in [4.69, 9.17) is 21.9 Å². The molecule has 5 amide bonds. The van der Waals surface area contributed by atoms with E-state index in [1.54, 1.807) is 38.1 Å². The highest BCUT2D eigenvalue weighted by atomic mass is 16.6. The predicted octanol–water partition coefficient (Wildman–Crippen LogP) is 1.95. The Morgan fingerprint density at radius 2 is 1.44 bits per heavy atom. The van der Waals surface area contributed by atoms with Crippen molar-refractivity contribution in [2.24, 2.45) is 34.0 Å². The van der Waals surface area contributed by atoms with Crippen LogP contribution in [0.1, 0.15) is 65.0 Å². The lowest BCUT2D eigenvalue weighted by Gasteiger charge is -2.35. The fourth-order valence-electron chi connectivity index (χ4n) is 5.23. The number of benzene rings is 2. The van der Waals surface area contributed by atoms with E-state index in [0.717, 1.165) is 10.5 Å². The molecule has 50 heavy (non-hydrogen) atoms. The minimum Gasteiger partial charge on any atom is -0.444 e. The summed E-state index contributed by atoms with van der Waals surface area (Å²) in [5, 5.41) is 8.28. The van der Waals surface area contributed by atoms with Gasteiger partial charge in [0, 0.05) is 26.4 Å². The number of nitrogens with two attached hydrogens (primary N) is 3. The maximum absolute atomic E-state index is 14.4. The second-order valence-electron chi connectivity index (χ2n) is 13.0. The zero-order valence-electron chi connectivity index (χ0n) is 29.8. The van der Waals surface area contributed by atoms with E-state index in [-0.39, 0.29) is 62.7 Å². The van der Waals surface area contributed by atoms with Gasteiger partial charge in [-0.25, -0.2) is 9.69 Å². The van der Waals surface area contributed by atoms with E-state index >= 15 is 0 Å².